The van der Waals surface area contributed by atoms with Crippen LogP contribution in [0.25, 0.3) is 10.9 Å². The molecule has 1 aromatic heterocycles. The second-order valence-corrected chi connectivity index (χ2v) is 9.98. The Morgan fingerprint density at radius 3 is 2.64 bits per heavy atom. The van der Waals surface area contributed by atoms with Gasteiger partial charge in [0.2, 0.25) is 18.6 Å². The number of hydrogen-bond acceptors (Lipinski definition) is 6. The van der Waals surface area contributed by atoms with Gasteiger partial charge in [-0.25, -0.2) is 4.79 Å². The van der Waals surface area contributed by atoms with Gasteiger partial charge in [0.25, 0.3) is 0 Å². The van der Waals surface area contributed by atoms with Crippen LogP contribution < -0.4 is 9.47 Å². The monoisotopic (exact) mass is 523 g/mol. The van der Waals surface area contributed by atoms with Crippen LogP contribution in [0.3, 0.4) is 0 Å². The summed E-state index contributed by atoms with van der Waals surface area (Å²) in [6.07, 6.45) is 0.415. The molecule has 0 radical (unpaired) electrons. The smallest absolute Gasteiger partial charge is 0.337 e. The first kappa shape index (κ1) is 23.3. The predicted molar refractivity (Wildman–Crippen MR) is 140 cm³/mol. The number of methoxy groups -OCH3 is 1. The molecular formula is C30H25N3O6. The lowest BCUT2D eigenvalue weighted by Crippen LogP contribution is -2.62. The normalized spacial score (nSPS) is 19.7. The maximum Gasteiger partial charge on any atom is 0.337 e. The molecule has 1 saturated heterocycles. The van der Waals surface area contributed by atoms with Crippen molar-refractivity contribution in [2.45, 2.75) is 25.0 Å². The number of nitrogens with one attached hydrogen (secondary N) is 1. The number of esters is 1. The topological polar surface area (TPSA) is 101 Å². The number of benzene rings is 3. The number of carbonyl (C=O) groups excluding carboxylic acids is 3. The van der Waals surface area contributed by atoms with Gasteiger partial charge in [-0.1, -0.05) is 36.4 Å². The molecule has 3 aliphatic rings. The molecule has 0 bridgehead atoms. The number of fused-ring (bicyclic) bond motifs is 5. The van der Waals surface area contributed by atoms with E-state index >= 15 is 0 Å². The number of carbonyl (C=O) groups is 3. The number of aromatic amines is 1. The first-order valence-electron chi connectivity index (χ1n) is 12.8. The molecule has 2 atom stereocenters. The molecule has 1 N–H and O–H groups in total. The van der Waals surface area contributed by atoms with Gasteiger partial charge in [-0.3, -0.25) is 9.59 Å². The first-order chi connectivity index (χ1) is 19.0. The second kappa shape index (κ2) is 8.90. The third-order valence-electron chi connectivity index (χ3n) is 7.80. The van der Waals surface area contributed by atoms with Gasteiger partial charge in [0.05, 0.1) is 18.7 Å². The van der Waals surface area contributed by atoms with Crippen molar-refractivity contribution < 1.29 is 28.6 Å². The molecule has 9 nitrogen and oxygen atoms in total. The third-order valence-corrected chi connectivity index (χ3v) is 7.80. The van der Waals surface area contributed by atoms with E-state index in [2.05, 4.69) is 4.98 Å². The van der Waals surface area contributed by atoms with Gasteiger partial charge >= 0.3 is 5.97 Å². The summed E-state index contributed by atoms with van der Waals surface area (Å²) in [7, 11) is 1.34. The van der Waals surface area contributed by atoms with Crippen molar-refractivity contribution in [1.29, 1.82) is 0 Å². The van der Waals surface area contributed by atoms with Crippen LogP contribution in [-0.4, -0.2) is 59.1 Å². The van der Waals surface area contributed by atoms with E-state index in [1.807, 2.05) is 54.6 Å². The van der Waals surface area contributed by atoms with Gasteiger partial charge in [-0.05, 0) is 47.0 Å². The molecule has 3 aromatic carbocycles. The summed E-state index contributed by atoms with van der Waals surface area (Å²) in [6, 6.07) is 19.4. The Bertz CT molecular complexity index is 1640. The van der Waals surface area contributed by atoms with Crippen LogP contribution in [0.2, 0.25) is 0 Å². The van der Waals surface area contributed by atoms with E-state index in [1.165, 1.54) is 7.11 Å². The highest BCUT2D eigenvalue weighted by Gasteiger charge is 2.48. The predicted octanol–water partition coefficient (Wildman–Crippen LogP) is 3.57. The van der Waals surface area contributed by atoms with Crippen LogP contribution in [0.4, 0.5) is 0 Å². The zero-order valence-corrected chi connectivity index (χ0v) is 21.2. The Balaban J connectivity index is 1.28. The molecule has 4 aromatic rings. The van der Waals surface area contributed by atoms with E-state index in [4.69, 9.17) is 14.2 Å². The number of hydrogen-bond donors (Lipinski definition) is 1. The maximum atomic E-state index is 14.0. The molecule has 39 heavy (non-hydrogen) atoms. The lowest BCUT2D eigenvalue weighted by Gasteiger charge is -2.47. The number of H-pyrrole nitrogens is 1. The Hall–Kier alpha value is -4.79. The van der Waals surface area contributed by atoms with Crippen molar-refractivity contribution in [3.63, 3.8) is 0 Å². The number of para-hydroxylation sites is 1. The molecule has 0 saturated carbocycles. The van der Waals surface area contributed by atoms with Crippen molar-refractivity contribution in [2.75, 3.05) is 20.4 Å². The van der Waals surface area contributed by atoms with Crippen LogP contribution in [0.1, 0.15) is 38.8 Å². The van der Waals surface area contributed by atoms with E-state index < -0.39 is 18.1 Å². The van der Waals surface area contributed by atoms with Crippen LogP contribution in [0.15, 0.2) is 66.7 Å². The number of piperazine rings is 1. The Morgan fingerprint density at radius 2 is 1.82 bits per heavy atom. The first-order valence-corrected chi connectivity index (χ1v) is 12.8. The summed E-state index contributed by atoms with van der Waals surface area (Å²) in [5, 5.41) is 1.04. The quantitative estimate of drug-likeness (QED) is 0.411. The molecule has 9 heteroatoms. The minimum absolute atomic E-state index is 0.0317. The highest BCUT2D eigenvalue weighted by molar-refractivity contribution is 5.97. The lowest BCUT2D eigenvalue weighted by atomic mass is 9.86. The highest BCUT2D eigenvalue weighted by Crippen LogP contribution is 2.43. The van der Waals surface area contributed by atoms with Crippen molar-refractivity contribution in [2.24, 2.45) is 0 Å². The van der Waals surface area contributed by atoms with Crippen molar-refractivity contribution in [3.8, 4) is 11.5 Å². The minimum atomic E-state index is -0.655. The van der Waals surface area contributed by atoms with Gasteiger partial charge in [-0.15, -0.1) is 0 Å². The van der Waals surface area contributed by atoms with Gasteiger partial charge in [0, 0.05) is 29.6 Å². The number of ether oxygens (including phenoxy) is 3. The zero-order valence-electron chi connectivity index (χ0n) is 21.2. The van der Waals surface area contributed by atoms with E-state index in [1.54, 1.807) is 21.9 Å². The second-order valence-electron chi connectivity index (χ2n) is 9.98. The summed E-state index contributed by atoms with van der Waals surface area (Å²) in [5.74, 6) is 0.650. The van der Waals surface area contributed by atoms with Crippen LogP contribution in [0.5, 0.6) is 11.5 Å². The fourth-order valence-corrected chi connectivity index (χ4v) is 5.98. The Labute approximate surface area is 223 Å². The summed E-state index contributed by atoms with van der Waals surface area (Å²) in [6.45, 7) is 0.437. The van der Waals surface area contributed by atoms with Crippen LogP contribution >= 0.6 is 0 Å². The average molecular weight is 524 g/mol. The SMILES string of the molecule is COC(=O)c1ccc(C2c3[nH]c4ccccc4c3C[C@H]3C(=O)N(Cc4ccc5c(c4)OCO5)CC(=O)N23)cc1. The van der Waals surface area contributed by atoms with Crippen LogP contribution in [0, 0.1) is 0 Å². The molecular weight excluding hydrogens is 498 g/mol. The number of nitrogens with zero attached hydrogens (tertiary/aromatic N) is 2. The fraction of sp³-hybridized carbons (Fsp3) is 0.233. The summed E-state index contributed by atoms with van der Waals surface area (Å²) in [5.41, 5.74) is 4.97. The van der Waals surface area contributed by atoms with Crippen molar-refractivity contribution in [3.05, 3.63) is 94.7 Å². The molecule has 0 aliphatic carbocycles. The third kappa shape index (κ3) is 3.72. The van der Waals surface area contributed by atoms with Gasteiger partial charge in [0.15, 0.2) is 11.5 Å². The van der Waals surface area contributed by atoms with Crippen molar-refractivity contribution >= 4 is 28.7 Å². The summed E-state index contributed by atoms with van der Waals surface area (Å²) < 4.78 is 15.7. The van der Waals surface area contributed by atoms with Crippen LogP contribution in [-0.2, 0) is 27.3 Å². The van der Waals surface area contributed by atoms with E-state index in [-0.39, 0.29) is 25.2 Å². The molecule has 0 spiro atoms. The summed E-state index contributed by atoms with van der Waals surface area (Å²) >= 11 is 0. The lowest BCUT2D eigenvalue weighted by molar-refractivity contribution is -0.159. The summed E-state index contributed by atoms with van der Waals surface area (Å²) in [4.78, 5) is 46.7. The van der Waals surface area contributed by atoms with Gasteiger partial charge in [-0.2, -0.15) is 0 Å². The number of rotatable bonds is 4. The van der Waals surface area contributed by atoms with E-state index in [0.29, 0.717) is 30.0 Å². The standard InChI is InChI=1S/C30H25N3O6/c1-37-30(36)19-9-7-18(8-10-19)28-27-21(20-4-2-3-5-22(20)31-27)13-23-29(35)32(15-26(34)33(23)28)14-17-6-11-24-25(12-17)39-16-38-24/h2-12,23,28,31H,13-16H2,1H3/t23-,28?/m0/s1. The van der Waals surface area contributed by atoms with E-state index in [9.17, 15) is 14.4 Å². The van der Waals surface area contributed by atoms with E-state index in [0.717, 1.165) is 33.3 Å². The molecule has 196 valence electrons. The highest BCUT2D eigenvalue weighted by atomic mass is 16.7. The molecule has 1 unspecified atom stereocenters. The zero-order chi connectivity index (χ0) is 26.7. The minimum Gasteiger partial charge on any atom is -0.465 e. The fourth-order valence-electron chi connectivity index (χ4n) is 5.98. The molecule has 4 heterocycles. The molecule has 1 fully saturated rings. The largest absolute Gasteiger partial charge is 0.465 e. The molecule has 3 aliphatic heterocycles. The Morgan fingerprint density at radius 1 is 1.03 bits per heavy atom. The average Bonchev–Trinajstić information content (AvgIpc) is 3.58. The Kier molecular flexibility index (Phi) is 5.33. The number of aromatic nitrogens is 1. The molecule has 7 rings (SSSR count). The maximum absolute atomic E-state index is 14.0. The van der Waals surface area contributed by atoms with Gasteiger partial charge < -0.3 is 29.0 Å². The van der Waals surface area contributed by atoms with Crippen molar-refractivity contribution in [1.82, 2.24) is 14.8 Å². The number of amides is 2. The molecule has 2 amide bonds. The van der Waals surface area contributed by atoms with Gasteiger partial charge in [0.1, 0.15) is 12.6 Å².